The molecule has 0 saturated carbocycles. The molecule has 0 aliphatic rings. The second kappa shape index (κ2) is 12.8. The van der Waals surface area contributed by atoms with Gasteiger partial charge in [-0.05, 0) is 37.1 Å². The number of hydrogen-bond donors (Lipinski definition) is 4. The predicted molar refractivity (Wildman–Crippen MR) is 142 cm³/mol. The molecule has 37 heavy (non-hydrogen) atoms. The number of urea groups is 1. The number of anilines is 2. The standard InChI is InChI=1S/C27H34N6O4/c1-27(2,28)23(34)13-21(17-37-16-19-8-5-4-6-9-19)25(35)32-24-15-33(18-30-24)14-20-10-7-11-22(12-20)31-26(36)29-3/h4-12,15,18,21H,13-14,16-17,28H2,1-3H3,(H,32,35)(H2,29,31,36). The zero-order valence-electron chi connectivity index (χ0n) is 21.4. The first-order valence-electron chi connectivity index (χ1n) is 12.0. The summed E-state index contributed by atoms with van der Waals surface area (Å²) in [6.45, 7) is 4.11. The Bertz CT molecular complexity index is 1200. The number of imidazole rings is 1. The number of ether oxygens (including phenoxy) is 1. The van der Waals surface area contributed by atoms with Crippen LogP contribution in [0.15, 0.2) is 67.1 Å². The van der Waals surface area contributed by atoms with E-state index in [1.807, 2.05) is 53.1 Å². The third kappa shape index (κ3) is 8.85. The average Bonchev–Trinajstić information content (AvgIpc) is 3.29. The van der Waals surface area contributed by atoms with Gasteiger partial charge in [0.1, 0.15) is 0 Å². The number of nitrogens with two attached hydrogens (primary N) is 1. The Morgan fingerprint density at radius 3 is 2.49 bits per heavy atom. The molecule has 0 saturated heterocycles. The molecule has 0 fully saturated rings. The van der Waals surface area contributed by atoms with Crippen LogP contribution in [0.25, 0.3) is 0 Å². The van der Waals surface area contributed by atoms with Gasteiger partial charge in [-0.1, -0.05) is 42.5 Å². The number of carbonyl (C=O) groups is 3. The maximum absolute atomic E-state index is 13.1. The first kappa shape index (κ1) is 27.6. The molecule has 0 aliphatic heterocycles. The molecule has 5 N–H and O–H groups in total. The van der Waals surface area contributed by atoms with Gasteiger partial charge in [0.2, 0.25) is 5.91 Å². The van der Waals surface area contributed by atoms with Gasteiger partial charge in [-0.3, -0.25) is 9.59 Å². The maximum atomic E-state index is 13.1. The van der Waals surface area contributed by atoms with Crippen molar-refractivity contribution in [2.75, 3.05) is 24.3 Å². The fourth-order valence-corrected chi connectivity index (χ4v) is 3.50. The van der Waals surface area contributed by atoms with Crippen LogP contribution in [0.3, 0.4) is 0 Å². The van der Waals surface area contributed by atoms with E-state index in [4.69, 9.17) is 10.5 Å². The summed E-state index contributed by atoms with van der Waals surface area (Å²) < 4.78 is 7.58. The molecule has 0 bridgehead atoms. The lowest BCUT2D eigenvalue weighted by atomic mass is 9.91. The zero-order valence-corrected chi connectivity index (χ0v) is 21.4. The molecule has 1 heterocycles. The normalized spacial score (nSPS) is 12.0. The fourth-order valence-electron chi connectivity index (χ4n) is 3.50. The molecule has 10 heteroatoms. The van der Waals surface area contributed by atoms with Gasteiger partial charge in [0.05, 0.1) is 31.0 Å². The van der Waals surface area contributed by atoms with Crippen LogP contribution >= 0.6 is 0 Å². The van der Waals surface area contributed by atoms with Crippen LogP contribution in [0.2, 0.25) is 0 Å². The lowest BCUT2D eigenvalue weighted by Crippen LogP contribution is -2.44. The molecule has 0 aliphatic carbocycles. The van der Waals surface area contributed by atoms with Crippen LogP contribution in [0.5, 0.6) is 0 Å². The highest BCUT2D eigenvalue weighted by atomic mass is 16.5. The van der Waals surface area contributed by atoms with Gasteiger partial charge in [0.25, 0.3) is 0 Å². The molecule has 196 valence electrons. The summed E-state index contributed by atoms with van der Waals surface area (Å²) in [6, 6.07) is 16.7. The summed E-state index contributed by atoms with van der Waals surface area (Å²) in [5, 5.41) is 8.04. The van der Waals surface area contributed by atoms with Crippen molar-refractivity contribution in [2.24, 2.45) is 11.7 Å². The molecule has 3 rings (SSSR count). The van der Waals surface area contributed by atoms with Crippen molar-refractivity contribution >= 4 is 29.2 Å². The number of ketones is 1. The number of amides is 3. The van der Waals surface area contributed by atoms with Crippen LogP contribution in [0.1, 0.15) is 31.4 Å². The minimum Gasteiger partial charge on any atom is -0.376 e. The number of nitrogens with one attached hydrogen (secondary N) is 3. The van der Waals surface area contributed by atoms with Crippen LogP contribution in [0, 0.1) is 5.92 Å². The van der Waals surface area contributed by atoms with Crippen LogP contribution in [0.4, 0.5) is 16.3 Å². The van der Waals surface area contributed by atoms with Crippen LogP contribution in [-0.4, -0.2) is 46.5 Å². The Morgan fingerprint density at radius 1 is 1.05 bits per heavy atom. The van der Waals surface area contributed by atoms with Crippen molar-refractivity contribution in [1.29, 1.82) is 0 Å². The molecule has 3 aromatic rings. The Morgan fingerprint density at radius 2 is 1.78 bits per heavy atom. The average molecular weight is 507 g/mol. The van der Waals surface area contributed by atoms with E-state index in [9.17, 15) is 14.4 Å². The second-order valence-electron chi connectivity index (χ2n) is 9.37. The summed E-state index contributed by atoms with van der Waals surface area (Å²) >= 11 is 0. The van der Waals surface area contributed by atoms with Gasteiger partial charge >= 0.3 is 6.03 Å². The van der Waals surface area contributed by atoms with Crippen molar-refractivity contribution in [3.8, 4) is 0 Å². The van der Waals surface area contributed by atoms with Crippen molar-refractivity contribution in [1.82, 2.24) is 14.9 Å². The highest BCUT2D eigenvalue weighted by molar-refractivity contribution is 5.96. The predicted octanol–water partition coefficient (Wildman–Crippen LogP) is 3.15. The summed E-state index contributed by atoms with van der Waals surface area (Å²) in [6.07, 6.45) is 3.26. The van der Waals surface area contributed by atoms with Crippen LogP contribution < -0.4 is 21.7 Å². The van der Waals surface area contributed by atoms with Gasteiger partial charge in [0, 0.05) is 31.9 Å². The first-order valence-corrected chi connectivity index (χ1v) is 12.0. The van der Waals surface area contributed by atoms with Crippen LogP contribution in [-0.2, 0) is 27.5 Å². The SMILES string of the molecule is CNC(=O)Nc1cccc(Cn2cnc(NC(=O)C(COCc3ccccc3)CC(=O)C(C)(C)N)c2)c1. The fraction of sp³-hybridized carbons (Fsp3) is 0.333. The number of benzene rings is 2. The van der Waals surface area contributed by atoms with Gasteiger partial charge < -0.3 is 31.0 Å². The van der Waals surface area contributed by atoms with Gasteiger partial charge in [0.15, 0.2) is 11.6 Å². The largest absolute Gasteiger partial charge is 0.376 e. The highest BCUT2D eigenvalue weighted by Gasteiger charge is 2.29. The summed E-state index contributed by atoms with van der Waals surface area (Å²) in [5.41, 5.74) is 7.48. The van der Waals surface area contributed by atoms with E-state index in [-0.39, 0.29) is 30.7 Å². The number of rotatable bonds is 12. The number of aromatic nitrogens is 2. The third-order valence-corrected chi connectivity index (χ3v) is 5.61. The van der Waals surface area contributed by atoms with Gasteiger partial charge in [-0.2, -0.15) is 0 Å². The van der Waals surface area contributed by atoms with Crippen molar-refractivity contribution < 1.29 is 19.1 Å². The van der Waals surface area contributed by atoms with Crippen molar-refractivity contribution in [3.05, 3.63) is 78.2 Å². The Kier molecular flexibility index (Phi) is 9.53. The molecule has 10 nitrogen and oxygen atoms in total. The number of Topliss-reactive ketones (excluding diaryl/α,β-unsaturated/α-hetero) is 1. The monoisotopic (exact) mass is 506 g/mol. The molecule has 2 aromatic carbocycles. The van der Waals surface area contributed by atoms with Gasteiger partial charge in [-0.15, -0.1) is 0 Å². The van der Waals surface area contributed by atoms with E-state index in [1.165, 1.54) is 0 Å². The van der Waals surface area contributed by atoms with E-state index in [0.717, 1.165) is 11.1 Å². The number of nitrogens with zero attached hydrogens (tertiary/aromatic N) is 2. The summed E-state index contributed by atoms with van der Waals surface area (Å²) in [4.78, 5) is 41.5. The maximum Gasteiger partial charge on any atom is 0.318 e. The van der Waals surface area contributed by atoms with Crippen molar-refractivity contribution in [3.63, 3.8) is 0 Å². The number of carbonyl (C=O) groups excluding carboxylic acids is 3. The lowest BCUT2D eigenvalue weighted by Gasteiger charge is -2.21. The minimum absolute atomic E-state index is 0.0457. The lowest BCUT2D eigenvalue weighted by molar-refractivity contribution is -0.130. The van der Waals surface area contributed by atoms with E-state index in [2.05, 4.69) is 20.9 Å². The molecule has 3 amide bonds. The second-order valence-corrected chi connectivity index (χ2v) is 9.37. The van der Waals surface area contributed by atoms with Crippen molar-refractivity contribution in [2.45, 2.75) is 39.0 Å². The Labute approximate surface area is 216 Å². The zero-order chi connectivity index (χ0) is 26.8. The van der Waals surface area contributed by atoms with E-state index in [0.29, 0.717) is 24.7 Å². The molecule has 1 aromatic heterocycles. The number of hydrogen-bond acceptors (Lipinski definition) is 6. The summed E-state index contributed by atoms with van der Waals surface area (Å²) in [7, 11) is 1.55. The highest BCUT2D eigenvalue weighted by Crippen LogP contribution is 2.17. The van der Waals surface area contributed by atoms with E-state index < -0.39 is 11.5 Å². The van der Waals surface area contributed by atoms with E-state index >= 15 is 0 Å². The Hall–Kier alpha value is -4.02. The smallest absolute Gasteiger partial charge is 0.318 e. The third-order valence-electron chi connectivity index (χ3n) is 5.61. The first-order chi connectivity index (χ1) is 17.6. The molecule has 1 atom stereocenters. The Balaban J connectivity index is 1.63. The molecular formula is C27H34N6O4. The quantitative estimate of drug-likeness (QED) is 0.297. The molecule has 0 spiro atoms. The molecule has 1 unspecified atom stereocenters. The van der Waals surface area contributed by atoms with Gasteiger partial charge in [-0.25, -0.2) is 9.78 Å². The summed E-state index contributed by atoms with van der Waals surface area (Å²) in [5.74, 6) is -0.965. The minimum atomic E-state index is -1.05. The topological polar surface area (TPSA) is 140 Å². The molecule has 0 radical (unpaired) electrons. The van der Waals surface area contributed by atoms with E-state index in [1.54, 1.807) is 39.5 Å². The molecular weight excluding hydrogens is 472 g/mol.